The zero-order valence-electron chi connectivity index (χ0n) is 10.2. The molecule has 0 saturated carbocycles. The molecule has 0 saturated heterocycles. The van der Waals surface area contributed by atoms with Gasteiger partial charge in [0.15, 0.2) is 0 Å². The van der Waals surface area contributed by atoms with Gasteiger partial charge in [0, 0.05) is 11.9 Å². The van der Waals surface area contributed by atoms with Gasteiger partial charge >= 0.3 is 0 Å². The topological polar surface area (TPSA) is 24.1 Å². The number of hydrogen-bond donors (Lipinski definition) is 2. The summed E-state index contributed by atoms with van der Waals surface area (Å²) in [6, 6.07) is 0. The van der Waals surface area contributed by atoms with Crippen molar-refractivity contribution in [2.45, 2.75) is 26.9 Å². The van der Waals surface area contributed by atoms with Crippen LogP contribution in [-0.2, 0) is 0 Å². The van der Waals surface area contributed by atoms with Crippen molar-refractivity contribution in [1.29, 1.82) is 0 Å². The van der Waals surface area contributed by atoms with E-state index in [-0.39, 0.29) is 6.17 Å². The van der Waals surface area contributed by atoms with E-state index in [9.17, 15) is 0 Å². The first-order chi connectivity index (χ1) is 7.65. The summed E-state index contributed by atoms with van der Waals surface area (Å²) < 4.78 is 0. The highest BCUT2D eigenvalue weighted by atomic mass is 15.1. The number of rotatable bonds is 2. The normalized spacial score (nSPS) is 32.8. The molecule has 2 N–H and O–H groups in total. The van der Waals surface area contributed by atoms with Gasteiger partial charge in [-0.3, -0.25) is 0 Å². The molecular weight excluding hydrogens is 196 g/mol. The fraction of sp³-hybridized carbons (Fsp3) is 0.429. The van der Waals surface area contributed by atoms with Crippen LogP contribution in [0.4, 0.5) is 0 Å². The molecule has 2 aliphatic rings. The second-order valence-electron chi connectivity index (χ2n) is 4.74. The van der Waals surface area contributed by atoms with Crippen molar-refractivity contribution in [3.8, 4) is 0 Å². The average Bonchev–Trinajstić information content (AvgIpc) is 2.27. The van der Waals surface area contributed by atoms with Crippen LogP contribution in [0.5, 0.6) is 0 Å². The molecule has 1 aliphatic heterocycles. The van der Waals surface area contributed by atoms with Crippen molar-refractivity contribution in [2.24, 2.45) is 11.8 Å². The van der Waals surface area contributed by atoms with Crippen LogP contribution in [0, 0.1) is 11.8 Å². The summed E-state index contributed by atoms with van der Waals surface area (Å²) >= 11 is 0. The van der Waals surface area contributed by atoms with Crippen molar-refractivity contribution < 1.29 is 0 Å². The average molecular weight is 216 g/mol. The van der Waals surface area contributed by atoms with E-state index in [4.69, 9.17) is 0 Å². The summed E-state index contributed by atoms with van der Waals surface area (Å²) in [5.41, 5.74) is 2.47. The highest BCUT2D eigenvalue weighted by molar-refractivity contribution is 5.27. The largest absolute Gasteiger partial charge is 0.368 e. The maximum Gasteiger partial charge on any atom is 0.116 e. The van der Waals surface area contributed by atoms with Crippen LogP contribution in [-0.4, -0.2) is 6.17 Å². The summed E-state index contributed by atoms with van der Waals surface area (Å²) in [6.07, 6.45) is 13.3. The van der Waals surface area contributed by atoms with E-state index >= 15 is 0 Å². The molecule has 86 valence electrons. The number of hydrogen-bond acceptors (Lipinski definition) is 2. The van der Waals surface area contributed by atoms with E-state index in [2.05, 4.69) is 61.8 Å². The summed E-state index contributed by atoms with van der Waals surface area (Å²) in [7, 11) is 0. The molecule has 2 heteroatoms. The zero-order chi connectivity index (χ0) is 11.5. The van der Waals surface area contributed by atoms with E-state index < -0.39 is 0 Å². The molecule has 0 aromatic heterocycles. The van der Waals surface area contributed by atoms with Gasteiger partial charge in [-0.05, 0) is 36.5 Å². The number of allylic oxidation sites excluding steroid dienone is 5. The van der Waals surface area contributed by atoms with Gasteiger partial charge in [0.2, 0.25) is 0 Å². The molecule has 1 aliphatic carbocycles. The molecular formula is C14H20N2. The highest BCUT2D eigenvalue weighted by Crippen LogP contribution is 2.21. The molecule has 0 aromatic rings. The Hall–Kier alpha value is -1.44. The monoisotopic (exact) mass is 216 g/mol. The Kier molecular flexibility index (Phi) is 3.18. The third kappa shape index (κ3) is 2.57. The second-order valence-corrected chi connectivity index (χ2v) is 4.74. The molecule has 0 fully saturated rings. The van der Waals surface area contributed by atoms with Crippen molar-refractivity contribution >= 4 is 0 Å². The molecule has 0 aromatic carbocycles. The molecule has 0 bridgehead atoms. The van der Waals surface area contributed by atoms with Crippen molar-refractivity contribution in [3.05, 3.63) is 47.9 Å². The number of nitrogens with one attached hydrogen (secondary N) is 2. The van der Waals surface area contributed by atoms with E-state index in [1.54, 1.807) is 0 Å². The first-order valence-electron chi connectivity index (χ1n) is 5.93. The maximum absolute atomic E-state index is 3.46. The maximum atomic E-state index is 3.46. The molecule has 2 nitrogen and oxygen atoms in total. The van der Waals surface area contributed by atoms with Gasteiger partial charge in [-0.25, -0.2) is 0 Å². The SMILES string of the molecule is CC1=CNC(NC2=CC(C)[C@@H](C)C=C2)C=C1. The summed E-state index contributed by atoms with van der Waals surface area (Å²) in [6.45, 7) is 6.59. The lowest BCUT2D eigenvalue weighted by molar-refractivity contribution is 0.531. The van der Waals surface area contributed by atoms with E-state index in [0.717, 1.165) is 0 Å². The first kappa shape index (κ1) is 11.1. The first-order valence-corrected chi connectivity index (χ1v) is 5.93. The third-order valence-electron chi connectivity index (χ3n) is 3.22. The Morgan fingerprint density at radius 1 is 1.12 bits per heavy atom. The molecule has 0 radical (unpaired) electrons. The minimum absolute atomic E-state index is 0.209. The lowest BCUT2D eigenvalue weighted by Gasteiger charge is -2.25. The predicted molar refractivity (Wildman–Crippen MR) is 68.5 cm³/mol. The lowest BCUT2D eigenvalue weighted by Crippen LogP contribution is -2.38. The van der Waals surface area contributed by atoms with Gasteiger partial charge in [-0.2, -0.15) is 0 Å². The Bertz CT molecular complexity index is 374. The van der Waals surface area contributed by atoms with E-state index in [0.29, 0.717) is 11.8 Å². The molecule has 3 atom stereocenters. The minimum atomic E-state index is 0.209. The fourth-order valence-corrected chi connectivity index (χ4v) is 1.86. The van der Waals surface area contributed by atoms with Crippen LogP contribution >= 0.6 is 0 Å². The van der Waals surface area contributed by atoms with Gasteiger partial charge < -0.3 is 10.6 Å². The molecule has 1 heterocycles. The van der Waals surface area contributed by atoms with Crippen LogP contribution in [0.2, 0.25) is 0 Å². The van der Waals surface area contributed by atoms with Crippen molar-refractivity contribution in [1.82, 2.24) is 10.6 Å². The van der Waals surface area contributed by atoms with Gasteiger partial charge in [-0.1, -0.05) is 32.1 Å². The molecule has 0 amide bonds. The van der Waals surface area contributed by atoms with Gasteiger partial charge in [-0.15, -0.1) is 0 Å². The fourth-order valence-electron chi connectivity index (χ4n) is 1.86. The Morgan fingerprint density at radius 2 is 1.94 bits per heavy atom. The predicted octanol–water partition coefficient (Wildman–Crippen LogP) is 2.69. The van der Waals surface area contributed by atoms with Crippen LogP contribution < -0.4 is 10.6 Å². The third-order valence-corrected chi connectivity index (χ3v) is 3.22. The molecule has 16 heavy (non-hydrogen) atoms. The van der Waals surface area contributed by atoms with Crippen molar-refractivity contribution in [3.63, 3.8) is 0 Å². The summed E-state index contributed by atoms with van der Waals surface area (Å²) in [4.78, 5) is 0. The molecule has 0 spiro atoms. The highest BCUT2D eigenvalue weighted by Gasteiger charge is 2.13. The summed E-state index contributed by atoms with van der Waals surface area (Å²) in [5.74, 6) is 1.25. The van der Waals surface area contributed by atoms with E-state index in [1.807, 2.05) is 6.20 Å². The second kappa shape index (κ2) is 4.60. The zero-order valence-corrected chi connectivity index (χ0v) is 10.2. The van der Waals surface area contributed by atoms with Gasteiger partial charge in [0.25, 0.3) is 0 Å². The summed E-state index contributed by atoms with van der Waals surface area (Å²) in [5, 5.41) is 6.77. The standard InChI is InChI=1S/C14H20N2/c1-10-4-7-14(15-9-10)16-13-6-5-11(2)12(3)8-13/h4-9,11-12,14-16H,1-3H3/t11-,12?,14?/m0/s1. The number of dihydropyridines is 1. The lowest BCUT2D eigenvalue weighted by atomic mass is 9.90. The minimum Gasteiger partial charge on any atom is -0.368 e. The van der Waals surface area contributed by atoms with Crippen LogP contribution in [0.15, 0.2) is 47.9 Å². The Labute approximate surface area is 97.8 Å². The quantitative estimate of drug-likeness (QED) is 0.741. The molecule has 2 unspecified atom stereocenters. The van der Waals surface area contributed by atoms with Crippen LogP contribution in [0.25, 0.3) is 0 Å². The Morgan fingerprint density at radius 3 is 2.56 bits per heavy atom. The Balaban J connectivity index is 1.95. The van der Waals surface area contributed by atoms with Crippen LogP contribution in [0.3, 0.4) is 0 Å². The van der Waals surface area contributed by atoms with Gasteiger partial charge in [0.1, 0.15) is 6.17 Å². The molecule has 2 rings (SSSR count). The van der Waals surface area contributed by atoms with E-state index in [1.165, 1.54) is 11.3 Å². The van der Waals surface area contributed by atoms with Gasteiger partial charge in [0.05, 0.1) is 0 Å². The van der Waals surface area contributed by atoms with Crippen LogP contribution in [0.1, 0.15) is 20.8 Å². The smallest absolute Gasteiger partial charge is 0.116 e. The van der Waals surface area contributed by atoms with Crippen molar-refractivity contribution in [2.75, 3.05) is 0 Å².